The Hall–Kier alpha value is -5.35. The SMILES string of the molecule is C=C1C=Cc2ccc(c(=C)c2C)=CC=C(C)c2cccc(c2O)C2=NC(=Cc3ccc([nH]3)-c3cccc1c3O)C=C2. The summed E-state index contributed by atoms with van der Waals surface area (Å²) in [7, 11) is 0. The summed E-state index contributed by atoms with van der Waals surface area (Å²) < 4.78 is 0. The first-order chi connectivity index (χ1) is 19.8. The molecule has 4 heteroatoms. The van der Waals surface area contributed by atoms with Crippen LogP contribution in [0.4, 0.5) is 0 Å². The number of aromatic nitrogens is 1. The molecule has 3 N–H and O–H groups in total. The third-order valence-electron chi connectivity index (χ3n) is 7.74. The Morgan fingerprint density at radius 2 is 1.44 bits per heavy atom. The Balaban J connectivity index is 1.54. The Kier molecular flexibility index (Phi) is 6.52. The molecule has 0 unspecified atom stereocenters. The van der Waals surface area contributed by atoms with Crippen LogP contribution in [0.15, 0.2) is 102 Å². The van der Waals surface area contributed by atoms with Crippen LogP contribution in [-0.4, -0.2) is 20.9 Å². The van der Waals surface area contributed by atoms with Gasteiger partial charge in [-0.25, -0.2) is 4.99 Å². The molecule has 10 bridgehead atoms. The van der Waals surface area contributed by atoms with Gasteiger partial charge in [0.25, 0.3) is 0 Å². The van der Waals surface area contributed by atoms with Crippen LogP contribution in [0.5, 0.6) is 11.5 Å². The van der Waals surface area contributed by atoms with E-state index in [4.69, 9.17) is 4.99 Å². The average Bonchev–Trinajstić information content (AvgIpc) is 3.63. The van der Waals surface area contributed by atoms with Gasteiger partial charge in [-0.2, -0.15) is 0 Å². The van der Waals surface area contributed by atoms with Crippen molar-refractivity contribution in [2.24, 2.45) is 4.99 Å². The largest absolute Gasteiger partial charge is 0.507 e. The van der Waals surface area contributed by atoms with E-state index < -0.39 is 0 Å². The molecule has 200 valence electrons. The van der Waals surface area contributed by atoms with Crippen LogP contribution in [0, 0.1) is 6.92 Å². The maximum absolute atomic E-state index is 11.2. The number of rotatable bonds is 0. The van der Waals surface area contributed by atoms with E-state index in [-0.39, 0.29) is 11.5 Å². The molecular formula is C37H30N2O2. The van der Waals surface area contributed by atoms with E-state index in [1.807, 2.05) is 104 Å². The molecule has 0 fully saturated rings. The van der Waals surface area contributed by atoms with Gasteiger partial charge in [-0.3, -0.25) is 0 Å². The summed E-state index contributed by atoms with van der Waals surface area (Å²) in [5.74, 6) is 0.363. The molecule has 1 aromatic heterocycles. The lowest BCUT2D eigenvalue weighted by atomic mass is 9.98. The number of nitrogens with one attached hydrogen (secondary N) is 1. The van der Waals surface area contributed by atoms with Crippen LogP contribution >= 0.6 is 0 Å². The number of H-pyrrole nitrogens is 1. The van der Waals surface area contributed by atoms with Crippen molar-refractivity contribution < 1.29 is 10.2 Å². The van der Waals surface area contributed by atoms with Crippen molar-refractivity contribution in [2.45, 2.75) is 13.8 Å². The summed E-state index contributed by atoms with van der Waals surface area (Å²) in [5, 5.41) is 24.4. The van der Waals surface area contributed by atoms with E-state index in [1.165, 1.54) is 0 Å². The fourth-order valence-corrected chi connectivity index (χ4v) is 5.23. The summed E-state index contributed by atoms with van der Waals surface area (Å²) in [6.07, 6.45) is 13.7. The monoisotopic (exact) mass is 534 g/mol. The highest BCUT2D eigenvalue weighted by Gasteiger charge is 2.16. The second kappa shape index (κ2) is 10.3. The number of para-hydroxylation sites is 2. The van der Waals surface area contributed by atoms with Crippen molar-refractivity contribution in [3.8, 4) is 22.8 Å². The normalized spacial score (nSPS) is 14.4. The van der Waals surface area contributed by atoms with Crippen molar-refractivity contribution in [2.75, 3.05) is 0 Å². The molecule has 0 spiro atoms. The van der Waals surface area contributed by atoms with Gasteiger partial charge in [-0.05, 0) is 89.1 Å². The van der Waals surface area contributed by atoms with Gasteiger partial charge in [0.1, 0.15) is 11.5 Å². The van der Waals surface area contributed by atoms with Gasteiger partial charge in [0.05, 0.1) is 11.4 Å². The summed E-state index contributed by atoms with van der Waals surface area (Å²) >= 11 is 0. The molecule has 0 aliphatic carbocycles. The lowest BCUT2D eigenvalue weighted by Gasteiger charge is -2.09. The van der Waals surface area contributed by atoms with E-state index in [0.29, 0.717) is 28.0 Å². The number of hydrogen-bond acceptors (Lipinski definition) is 3. The Morgan fingerprint density at radius 1 is 0.707 bits per heavy atom. The number of allylic oxidation sites excluding steroid dienone is 6. The first kappa shape index (κ1) is 25.9. The van der Waals surface area contributed by atoms with Crippen molar-refractivity contribution >= 4 is 41.7 Å². The van der Waals surface area contributed by atoms with E-state index in [2.05, 4.69) is 31.1 Å². The van der Waals surface area contributed by atoms with E-state index in [1.54, 1.807) is 0 Å². The van der Waals surface area contributed by atoms with Gasteiger partial charge >= 0.3 is 0 Å². The quantitative estimate of drug-likeness (QED) is 0.225. The molecule has 3 aliphatic heterocycles. The van der Waals surface area contributed by atoms with Gasteiger partial charge in [0.2, 0.25) is 0 Å². The molecule has 0 atom stereocenters. The fraction of sp³-hybridized carbons (Fsp3) is 0.0541. The molecular weight excluding hydrogens is 504 g/mol. The summed E-state index contributed by atoms with van der Waals surface area (Å²) in [4.78, 5) is 8.15. The summed E-state index contributed by atoms with van der Waals surface area (Å²) in [6, 6.07) is 19.4. The molecule has 3 aliphatic rings. The fourth-order valence-electron chi connectivity index (χ4n) is 5.23. The van der Waals surface area contributed by atoms with Gasteiger partial charge in [0.15, 0.2) is 0 Å². The number of phenolic OH excluding ortho intramolecular Hbond substituents is 2. The highest BCUT2D eigenvalue weighted by atomic mass is 16.3. The topological polar surface area (TPSA) is 68.6 Å². The molecule has 41 heavy (non-hydrogen) atoms. The number of nitrogens with zero attached hydrogens (tertiary/aromatic N) is 1. The first-order valence-electron chi connectivity index (χ1n) is 13.5. The Bertz CT molecular complexity index is 2010. The van der Waals surface area contributed by atoms with E-state index in [9.17, 15) is 10.2 Å². The third kappa shape index (κ3) is 4.81. The van der Waals surface area contributed by atoms with Crippen LogP contribution in [0.1, 0.15) is 40.4 Å². The zero-order chi connectivity index (χ0) is 28.7. The van der Waals surface area contributed by atoms with Crippen molar-refractivity contribution in [1.82, 2.24) is 4.98 Å². The van der Waals surface area contributed by atoms with Crippen LogP contribution < -0.4 is 10.4 Å². The highest BCUT2D eigenvalue weighted by molar-refractivity contribution is 6.13. The molecule has 0 radical (unpaired) electrons. The number of aromatic hydroxyl groups is 2. The minimum Gasteiger partial charge on any atom is -0.507 e. The van der Waals surface area contributed by atoms with Gasteiger partial charge in [0, 0.05) is 33.6 Å². The minimum atomic E-state index is 0.166. The number of fused-ring (bicyclic) bond motifs is 4. The molecule has 0 saturated carbocycles. The van der Waals surface area contributed by atoms with Gasteiger partial charge in [-0.15, -0.1) is 0 Å². The van der Waals surface area contributed by atoms with E-state index >= 15 is 0 Å². The Labute approximate surface area is 239 Å². The second-order valence-electron chi connectivity index (χ2n) is 10.4. The first-order valence-corrected chi connectivity index (χ1v) is 13.5. The zero-order valence-corrected chi connectivity index (χ0v) is 23.1. The molecule has 3 aromatic carbocycles. The van der Waals surface area contributed by atoms with Gasteiger partial charge < -0.3 is 15.2 Å². The molecule has 4 nitrogen and oxygen atoms in total. The van der Waals surface area contributed by atoms with Crippen LogP contribution in [0.3, 0.4) is 0 Å². The number of aromatic amines is 1. The molecule has 0 saturated heterocycles. The predicted molar refractivity (Wildman–Crippen MR) is 172 cm³/mol. The third-order valence-corrected chi connectivity index (χ3v) is 7.74. The summed E-state index contributed by atoms with van der Waals surface area (Å²) in [5.41, 5.74) is 9.59. The maximum Gasteiger partial charge on any atom is 0.132 e. The second-order valence-corrected chi connectivity index (χ2v) is 10.4. The maximum atomic E-state index is 11.2. The van der Waals surface area contributed by atoms with Crippen molar-refractivity contribution in [3.63, 3.8) is 0 Å². The number of aliphatic imine (C=N–C) groups is 1. The predicted octanol–water partition coefficient (Wildman–Crippen LogP) is 7.14. The zero-order valence-electron chi connectivity index (χ0n) is 23.1. The standard InChI is InChI=1S/C37H30N2O2/c1-22-11-13-26-15-16-27(25(4)24(26)3)14-12-23(2)31-8-6-10-33(37(31)41)35-20-18-29(39-35)21-28-17-19-34(38-28)32-9-5-7-30(22)36(32)40/h5-21,38,40-41H,1,4H2,2-3H3. The molecule has 4 heterocycles. The number of hydrogen-bond donors (Lipinski definition) is 3. The molecule has 4 aromatic rings. The smallest absolute Gasteiger partial charge is 0.132 e. The Morgan fingerprint density at radius 3 is 2.27 bits per heavy atom. The molecule has 7 rings (SSSR count). The highest BCUT2D eigenvalue weighted by Crippen LogP contribution is 2.36. The lowest BCUT2D eigenvalue weighted by molar-refractivity contribution is 0.472. The number of benzene rings is 3. The average molecular weight is 535 g/mol. The number of phenols is 2. The van der Waals surface area contributed by atoms with Crippen LogP contribution in [-0.2, 0) is 0 Å². The van der Waals surface area contributed by atoms with Crippen molar-refractivity contribution in [1.29, 1.82) is 0 Å². The lowest BCUT2D eigenvalue weighted by Crippen LogP contribution is -2.26. The van der Waals surface area contributed by atoms with Crippen LogP contribution in [0.25, 0.3) is 47.2 Å². The van der Waals surface area contributed by atoms with E-state index in [0.717, 1.165) is 49.8 Å². The molecule has 0 amide bonds. The van der Waals surface area contributed by atoms with Crippen molar-refractivity contribution in [3.05, 3.63) is 141 Å². The minimum absolute atomic E-state index is 0.166. The summed E-state index contributed by atoms with van der Waals surface area (Å²) in [6.45, 7) is 12.6. The van der Waals surface area contributed by atoms with Gasteiger partial charge in [-0.1, -0.05) is 73.9 Å². The van der Waals surface area contributed by atoms with Crippen LogP contribution in [0.2, 0.25) is 0 Å².